The van der Waals surface area contributed by atoms with E-state index < -0.39 is 0 Å². The maximum absolute atomic E-state index is 12.4. The molecule has 0 radical (unpaired) electrons. The fourth-order valence-electron chi connectivity index (χ4n) is 3.20. The maximum atomic E-state index is 12.4. The average Bonchev–Trinajstić information content (AvgIpc) is 3.26. The number of nitrogens with one attached hydrogen (secondary N) is 1. The molecule has 1 aromatic heterocycles. The van der Waals surface area contributed by atoms with Gasteiger partial charge < -0.3 is 24.1 Å². The Labute approximate surface area is 183 Å². The molecule has 1 saturated heterocycles. The van der Waals surface area contributed by atoms with Crippen molar-refractivity contribution in [3.63, 3.8) is 0 Å². The Bertz CT molecular complexity index is 981. The van der Waals surface area contributed by atoms with E-state index in [1.807, 2.05) is 36.4 Å². The monoisotopic (exact) mass is 470 g/mol. The molecule has 7 heteroatoms. The molecule has 2 aromatic carbocycles. The van der Waals surface area contributed by atoms with E-state index in [9.17, 15) is 4.79 Å². The molecular formula is C23H23BrN2O4. The van der Waals surface area contributed by atoms with E-state index in [4.69, 9.17) is 13.9 Å². The van der Waals surface area contributed by atoms with Crippen molar-refractivity contribution >= 4 is 27.5 Å². The third-order valence-electron chi connectivity index (χ3n) is 4.83. The first kappa shape index (κ1) is 20.5. The van der Waals surface area contributed by atoms with Crippen LogP contribution in [0.5, 0.6) is 5.75 Å². The zero-order chi connectivity index (χ0) is 20.8. The number of nitrogens with zero attached hydrogens (tertiary/aromatic N) is 1. The van der Waals surface area contributed by atoms with Crippen molar-refractivity contribution in [3.8, 4) is 5.75 Å². The van der Waals surface area contributed by atoms with Crippen LogP contribution in [0.4, 0.5) is 5.69 Å². The minimum atomic E-state index is -0.249. The number of furan rings is 1. The highest BCUT2D eigenvalue weighted by molar-refractivity contribution is 9.10. The highest BCUT2D eigenvalue weighted by atomic mass is 79.9. The van der Waals surface area contributed by atoms with Crippen molar-refractivity contribution in [1.29, 1.82) is 0 Å². The second-order valence-corrected chi connectivity index (χ2v) is 7.88. The molecule has 156 valence electrons. The van der Waals surface area contributed by atoms with Crippen LogP contribution in [0.1, 0.15) is 21.9 Å². The second-order valence-electron chi connectivity index (χ2n) is 6.96. The summed E-state index contributed by atoms with van der Waals surface area (Å²) in [5.74, 6) is 1.34. The van der Waals surface area contributed by atoms with Crippen molar-refractivity contribution in [2.24, 2.45) is 0 Å². The molecule has 30 heavy (non-hydrogen) atoms. The van der Waals surface area contributed by atoms with Gasteiger partial charge in [-0.3, -0.25) is 4.79 Å². The fraction of sp³-hybridized carbons (Fsp3) is 0.261. The smallest absolute Gasteiger partial charge is 0.287 e. The number of halogens is 1. The number of carbonyl (C=O) groups is 1. The lowest BCUT2D eigenvalue weighted by Crippen LogP contribution is -2.36. The first-order valence-corrected chi connectivity index (χ1v) is 10.6. The molecule has 0 unspecified atom stereocenters. The van der Waals surface area contributed by atoms with Crippen molar-refractivity contribution in [2.45, 2.75) is 13.2 Å². The predicted molar refractivity (Wildman–Crippen MR) is 118 cm³/mol. The molecule has 6 nitrogen and oxygen atoms in total. The van der Waals surface area contributed by atoms with Crippen LogP contribution >= 0.6 is 15.9 Å². The van der Waals surface area contributed by atoms with Gasteiger partial charge in [0.1, 0.15) is 18.1 Å². The number of hydrogen-bond acceptors (Lipinski definition) is 5. The highest BCUT2D eigenvalue weighted by Gasteiger charge is 2.13. The summed E-state index contributed by atoms with van der Waals surface area (Å²) in [6.45, 7) is 4.03. The van der Waals surface area contributed by atoms with E-state index in [0.29, 0.717) is 12.3 Å². The van der Waals surface area contributed by atoms with Crippen LogP contribution in [0.15, 0.2) is 69.6 Å². The van der Waals surface area contributed by atoms with E-state index in [1.54, 1.807) is 12.1 Å². The van der Waals surface area contributed by atoms with E-state index in [-0.39, 0.29) is 18.3 Å². The largest absolute Gasteiger partial charge is 0.486 e. The standard InChI is InChI=1S/C23H23BrN2O4/c24-18-2-1-3-20(14-18)29-16-21-8-9-22(30-21)23(27)25-15-17-4-6-19(7-5-17)26-10-12-28-13-11-26/h1-9,14H,10-13,15-16H2,(H,25,27). The summed E-state index contributed by atoms with van der Waals surface area (Å²) < 4.78 is 17.6. The van der Waals surface area contributed by atoms with Crippen LogP contribution in [0.2, 0.25) is 0 Å². The summed E-state index contributed by atoms with van der Waals surface area (Å²) in [5.41, 5.74) is 2.21. The molecular weight excluding hydrogens is 448 g/mol. The number of hydrogen-bond donors (Lipinski definition) is 1. The summed E-state index contributed by atoms with van der Waals surface area (Å²) in [7, 11) is 0. The molecule has 0 saturated carbocycles. The van der Waals surface area contributed by atoms with E-state index in [1.165, 1.54) is 5.69 Å². The first-order valence-electron chi connectivity index (χ1n) is 9.84. The van der Waals surface area contributed by atoms with Gasteiger partial charge in [0.05, 0.1) is 13.2 Å². The number of carbonyl (C=O) groups excluding carboxylic acids is 1. The molecule has 0 spiro atoms. The van der Waals surface area contributed by atoms with Crippen LogP contribution in [-0.4, -0.2) is 32.2 Å². The highest BCUT2D eigenvalue weighted by Crippen LogP contribution is 2.20. The molecule has 3 aromatic rings. The normalized spacial score (nSPS) is 13.8. The molecule has 2 heterocycles. The molecule has 0 atom stereocenters. The Morgan fingerprint density at radius 2 is 1.87 bits per heavy atom. The Kier molecular flexibility index (Phi) is 6.71. The SMILES string of the molecule is O=C(NCc1ccc(N2CCOCC2)cc1)c1ccc(COc2cccc(Br)c2)o1. The van der Waals surface area contributed by atoms with Crippen molar-refractivity contribution in [3.05, 3.63) is 82.2 Å². The van der Waals surface area contributed by atoms with Gasteiger partial charge in [0.25, 0.3) is 5.91 Å². The third kappa shape index (κ3) is 5.43. The van der Waals surface area contributed by atoms with Gasteiger partial charge in [-0.25, -0.2) is 0 Å². The number of rotatable bonds is 7. The van der Waals surface area contributed by atoms with Crippen molar-refractivity contribution in [1.82, 2.24) is 5.32 Å². The maximum Gasteiger partial charge on any atom is 0.287 e. The Morgan fingerprint density at radius 1 is 1.07 bits per heavy atom. The quantitative estimate of drug-likeness (QED) is 0.554. The summed E-state index contributed by atoms with van der Waals surface area (Å²) in [6.07, 6.45) is 0. The summed E-state index contributed by atoms with van der Waals surface area (Å²) in [5, 5.41) is 2.90. The summed E-state index contributed by atoms with van der Waals surface area (Å²) >= 11 is 3.41. The molecule has 1 aliphatic rings. The van der Waals surface area contributed by atoms with Gasteiger partial charge in [0.15, 0.2) is 5.76 Å². The van der Waals surface area contributed by atoms with Gasteiger partial charge in [-0.05, 0) is 48.0 Å². The Morgan fingerprint density at radius 3 is 2.63 bits per heavy atom. The fourth-order valence-corrected chi connectivity index (χ4v) is 3.58. The molecule has 1 fully saturated rings. The molecule has 1 aliphatic heterocycles. The zero-order valence-electron chi connectivity index (χ0n) is 16.5. The lowest BCUT2D eigenvalue weighted by atomic mass is 10.2. The van der Waals surface area contributed by atoms with Crippen LogP contribution in [0.25, 0.3) is 0 Å². The van der Waals surface area contributed by atoms with Crippen LogP contribution in [-0.2, 0) is 17.9 Å². The van der Waals surface area contributed by atoms with Gasteiger partial charge in [-0.1, -0.05) is 34.1 Å². The molecule has 0 bridgehead atoms. The number of amides is 1. The molecule has 4 rings (SSSR count). The molecule has 1 N–H and O–H groups in total. The van der Waals surface area contributed by atoms with E-state index in [2.05, 4.69) is 38.3 Å². The molecule has 1 amide bonds. The predicted octanol–water partition coefficient (Wildman–Crippen LogP) is 4.39. The number of benzene rings is 2. The zero-order valence-corrected chi connectivity index (χ0v) is 18.1. The Balaban J connectivity index is 1.27. The van der Waals surface area contributed by atoms with Crippen LogP contribution in [0, 0.1) is 0 Å². The number of ether oxygens (including phenoxy) is 2. The van der Waals surface area contributed by atoms with Gasteiger partial charge >= 0.3 is 0 Å². The Hall–Kier alpha value is -2.77. The average molecular weight is 471 g/mol. The van der Waals surface area contributed by atoms with Crippen LogP contribution < -0.4 is 15.0 Å². The first-order chi connectivity index (χ1) is 14.7. The van der Waals surface area contributed by atoms with Crippen molar-refractivity contribution in [2.75, 3.05) is 31.2 Å². The second kappa shape index (κ2) is 9.82. The number of anilines is 1. The van der Waals surface area contributed by atoms with Gasteiger partial charge in [-0.15, -0.1) is 0 Å². The minimum absolute atomic E-state index is 0.249. The summed E-state index contributed by atoms with van der Waals surface area (Å²) in [6, 6.07) is 19.2. The topological polar surface area (TPSA) is 63.9 Å². The lowest BCUT2D eigenvalue weighted by Gasteiger charge is -2.28. The lowest BCUT2D eigenvalue weighted by molar-refractivity contribution is 0.0919. The van der Waals surface area contributed by atoms with Crippen LogP contribution in [0.3, 0.4) is 0 Å². The third-order valence-corrected chi connectivity index (χ3v) is 5.32. The minimum Gasteiger partial charge on any atom is -0.486 e. The van der Waals surface area contributed by atoms with Gasteiger partial charge in [0.2, 0.25) is 0 Å². The van der Waals surface area contributed by atoms with E-state index >= 15 is 0 Å². The van der Waals surface area contributed by atoms with Gasteiger partial charge in [0, 0.05) is 29.8 Å². The summed E-state index contributed by atoms with van der Waals surface area (Å²) in [4.78, 5) is 14.7. The van der Waals surface area contributed by atoms with E-state index in [0.717, 1.165) is 42.1 Å². The molecule has 0 aliphatic carbocycles. The van der Waals surface area contributed by atoms with Crippen molar-refractivity contribution < 1.29 is 18.7 Å². The number of morpholine rings is 1. The van der Waals surface area contributed by atoms with Gasteiger partial charge in [-0.2, -0.15) is 0 Å².